The van der Waals surface area contributed by atoms with Crippen molar-refractivity contribution in [2.45, 2.75) is 12.6 Å². The van der Waals surface area contributed by atoms with Gasteiger partial charge >= 0.3 is 0 Å². The summed E-state index contributed by atoms with van der Waals surface area (Å²) in [5.74, 6) is 1.01. The Hall–Kier alpha value is -1.15. The van der Waals surface area contributed by atoms with Gasteiger partial charge in [-0.1, -0.05) is 18.2 Å². The summed E-state index contributed by atoms with van der Waals surface area (Å²) in [6.07, 6.45) is -0.656. The molecule has 3 N–H and O–H groups in total. The maximum absolute atomic E-state index is 11.3. The van der Waals surface area contributed by atoms with Crippen molar-refractivity contribution >= 4 is 9.84 Å². The van der Waals surface area contributed by atoms with E-state index in [1.165, 1.54) is 0 Å². The van der Waals surface area contributed by atoms with Gasteiger partial charge in [-0.15, -0.1) is 0 Å². The normalized spacial score (nSPS) is 20.1. The van der Waals surface area contributed by atoms with Gasteiger partial charge in [0.25, 0.3) is 0 Å². The van der Waals surface area contributed by atoms with Crippen LogP contribution >= 0.6 is 0 Å². The second kappa shape index (κ2) is 7.22. The van der Waals surface area contributed by atoms with Gasteiger partial charge in [0.15, 0.2) is 9.84 Å². The van der Waals surface area contributed by atoms with E-state index in [-0.39, 0.29) is 18.1 Å². The lowest BCUT2D eigenvalue weighted by Crippen LogP contribution is -2.44. The summed E-state index contributed by atoms with van der Waals surface area (Å²) in [5, 5.41) is 10.0. The number of hydrogen-bond donors (Lipinski definition) is 2. The van der Waals surface area contributed by atoms with Gasteiger partial charge in [0.1, 0.15) is 18.5 Å². The lowest BCUT2D eigenvalue weighted by molar-refractivity contribution is 0.0706. The summed E-state index contributed by atoms with van der Waals surface area (Å²) in [4.78, 5) is 1.95. The molecule has 7 heteroatoms. The number of aliphatic hydroxyl groups is 1. The number of aliphatic hydroxyl groups excluding tert-OH is 1. The first-order valence-corrected chi connectivity index (χ1v) is 8.84. The van der Waals surface area contributed by atoms with Crippen LogP contribution in [0.4, 0.5) is 0 Å². The molecule has 0 radical (unpaired) electrons. The highest BCUT2D eigenvalue weighted by Gasteiger charge is 2.23. The Morgan fingerprint density at radius 2 is 1.95 bits per heavy atom. The first-order chi connectivity index (χ1) is 10.00. The number of para-hydroxylation sites is 1. The molecule has 118 valence electrons. The molecule has 2 rings (SSSR count). The maximum atomic E-state index is 11.3. The molecule has 1 unspecified atom stereocenters. The Kier molecular flexibility index (Phi) is 5.58. The SMILES string of the molecule is NCc1ccccc1OCC(O)CN1CCS(=O)(=O)CC1. The van der Waals surface area contributed by atoms with Gasteiger partial charge < -0.3 is 15.6 Å². The van der Waals surface area contributed by atoms with Crippen LogP contribution in [0, 0.1) is 0 Å². The van der Waals surface area contributed by atoms with Crippen molar-refractivity contribution in [2.75, 3.05) is 37.7 Å². The minimum Gasteiger partial charge on any atom is -0.491 e. The zero-order valence-corrected chi connectivity index (χ0v) is 12.8. The first kappa shape index (κ1) is 16.2. The lowest BCUT2D eigenvalue weighted by atomic mass is 10.2. The number of rotatable bonds is 6. The minimum absolute atomic E-state index is 0.163. The molecule has 1 aliphatic rings. The number of nitrogens with two attached hydrogens (primary N) is 1. The summed E-state index contributed by atoms with van der Waals surface area (Å²) in [5.41, 5.74) is 6.52. The molecule has 21 heavy (non-hydrogen) atoms. The third-order valence-electron chi connectivity index (χ3n) is 3.53. The van der Waals surface area contributed by atoms with Gasteiger partial charge in [-0.3, -0.25) is 4.90 Å². The molecule has 1 heterocycles. The number of ether oxygens (including phenoxy) is 1. The Labute approximate surface area is 125 Å². The van der Waals surface area contributed by atoms with E-state index in [1.807, 2.05) is 29.2 Å². The Morgan fingerprint density at radius 1 is 1.29 bits per heavy atom. The van der Waals surface area contributed by atoms with E-state index in [0.29, 0.717) is 31.9 Å². The van der Waals surface area contributed by atoms with Crippen molar-refractivity contribution in [3.63, 3.8) is 0 Å². The molecule has 6 nitrogen and oxygen atoms in total. The Balaban J connectivity index is 1.79. The molecule has 1 aromatic rings. The molecule has 0 aromatic heterocycles. The zero-order valence-electron chi connectivity index (χ0n) is 11.9. The highest BCUT2D eigenvalue weighted by molar-refractivity contribution is 7.91. The molecule has 1 atom stereocenters. The van der Waals surface area contributed by atoms with E-state index in [9.17, 15) is 13.5 Å². The van der Waals surface area contributed by atoms with E-state index in [0.717, 1.165) is 5.56 Å². The molecule has 1 fully saturated rings. The summed E-state index contributed by atoms with van der Waals surface area (Å²) < 4.78 is 28.3. The van der Waals surface area contributed by atoms with Crippen LogP contribution in [0.3, 0.4) is 0 Å². The van der Waals surface area contributed by atoms with Crippen LogP contribution in [0.1, 0.15) is 5.56 Å². The summed E-state index contributed by atoms with van der Waals surface area (Å²) in [6, 6.07) is 7.45. The van der Waals surface area contributed by atoms with Crippen molar-refractivity contribution in [3.05, 3.63) is 29.8 Å². The van der Waals surface area contributed by atoms with Crippen molar-refractivity contribution in [1.82, 2.24) is 4.90 Å². The number of β-amino-alcohol motifs (C(OH)–C–C–N with tert-alkyl or cyclic N) is 1. The smallest absolute Gasteiger partial charge is 0.152 e. The molecule has 1 saturated heterocycles. The zero-order chi connectivity index (χ0) is 15.3. The topological polar surface area (TPSA) is 92.9 Å². The second-order valence-corrected chi connectivity index (χ2v) is 7.53. The van der Waals surface area contributed by atoms with Crippen molar-refractivity contribution in [1.29, 1.82) is 0 Å². The predicted molar refractivity (Wildman–Crippen MR) is 80.9 cm³/mol. The number of benzene rings is 1. The second-order valence-electron chi connectivity index (χ2n) is 5.23. The van der Waals surface area contributed by atoms with Gasteiger partial charge in [0, 0.05) is 31.7 Å². The van der Waals surface area contributed by atoms with Crippen LogP contribution in [0.2, 0.25) is 0 Å². The standard InChI is InChI=1S/C14H22N2O4S/c15-9-12-3-1-2-4-14(12)20-11-13(17)10-16-5-7-21(18,19)8-6-16/h1-4,13,17H,5-11,15H2. The van der Waals surface area contributed by atoms with Crippen LogP contribution in [-0.2, 0) is 16.4 Å². The van der Waals surface area contributed by atoms with Gasteiger partial charge in [-0.05, 0) is 6.07 Å². The molecule has 0 aliphatic carbocycles. The lowest BCUT2D eigenvalue weighted by Gasteiger charge is -2.28. The van der Waals surface area contributed by atoms with Crippen LogP contribution in [0.15, 0.2) is 24.3 Å². The average Bonchev–Trinajstić information content (AvgIpc) is 2.47. The monoisotopic (exact) mass is 314 g/mol. The van der Waals surface area contributed by atoms with Crippen LogP contribution in [0.5, 0.6) is 5.75 Å². The molecule has 0 spiro atoms. The molecule has 0 bridgehead atoms. The summed E-state index contributed by atoms with van der Waals surface area (Å²) in [7, 11) is -2.88. The third-order valence-corrected chi connectivity index (χ3v) is 5.14. The van der Waals surface area contributed by atoms with Gasteiger partial charge in [-0.2, -0.15) is 0 Å². The highest BCUT2D eigenvalue weighted by atomic mass is 32.2. The minimum atomic E-state index is -2.88. The molecular formula is C14H22N2O4S. The largest absolute Gasteiger partial charge is 0.491 e. The summed E-state index contributed by atoms with van der Waals surface area (Å²) in [6.45, 7) is 1.91. The third kappa shape index (κ3) is 4.96. The first-order valence-electron chi connectivity index (χ1n) is 7.02. The number of hydrogen-bond acceptors (Lipinski definition) is 6. The molecule has 0 amide bonds. The van der Waals surface area contributed by atoms with Crippen LogP contribution < -0.4 is 10.5 Å². The fourth-order valence-corrected chi connectivity index (χ4v) is 3.56. The van der Waals surface area contributed by atoms with Crippen molar-refractivity contribution in [3.8, 4) is 5.75 Å². The molecular weight excluding hydrogens is 292 g/mol. The van der Waals surface area contributed by atoms with E-state index < -0.39 is 15.9 Å². The van der Waals surface area contributed by atoms with Crippen molar-refractivity contribution < 1.29 is 18.3 Å². The van der Waals surface area contributed by atoms with Crippen LogP contribution in [-0.4, -0.2) is 62.3 Å². The van der Waals surface area contributed by atoms with Gasteiger partial charge in [0.2, 0.25) is 0 Å². The van der Waals surface area contributed by atoms with E-state index in [1.54, 1.807) is 0 Å². The number of sulfone groups is 1. The fourth-order valence-electron chi connectivity index (χ4n) is 2.28. The van der Waals surface area contributed by atoms with E-state index in [2.05, 4.69) is 0 Å². The van der Waals surface area contributed by atoms with E-state index >= 15 is 0 Å². The van der Waals surface area contributed by atoms with Gasteiger partial charge in [-0.25, -0.2) is 8.42 Å². The average molecular weight is 314 g/mol. The highest BCUT2D eigenvalue weighted by Crippen LogP contribution is 2.17. The molecule has 0 saturated carbocycles. The quantitative estimate of drug-likeness (QED) is 0.743. The fraction of sp³-hybridized carbons (Fsp3) is 0.571. The van der Waals surface area contributed by atoms with Crippen LogP contribution in [0.25, 0.3) is 0 Å². The molecule has 1 aliphatic heterocycles. The Bertz CT molecular complexity index is 548. The summed E-state index contributed by atoms with van der Waals surface area (Å²) >= 11 is 0. The van der Waals surface area contributed by atoms with E-state index in [4.69, 9.17) is 10.5 Å². The Morgan fingerprint density at radius 3 is 2.62 bits per heavy atom. The maximum Gasteiger partial charge on any atom is 0.152 e. The van der Waals surface area contributed by atoms with Crippen molar-refractivity contribution in [2.24, 2.45) is 5.73 Å². The molecule has 1 aromatic carbocycles. The number of nitrogens with zero attached hydrogens (tertiary/aromatic N) is 1. The van der Waals surface area contributed by atoms with Gasteiger partial charge in [0.05, 0.1) is 11.5 Å². The predicted octanol–water partition coefficient (Wildman–Crippen LogP) is -0.385.